The SMILES string of the molecule is CCCCB(N(C(C)C)C(C)C)N(C(C)C)C(C)C. The average Bonchev–Trinajstić information content (AvgIpc) is 2.23. The summed E-state index contributed by atoms with van der Waals surface area (Å²) in [7, 11) is 0. The monoisotopic (exact) mass is 268 g/mol. The molecule has 0 bridgehead atoms. The molecule has 0 saturated heterocycles. The standard InChI is InChI=1S/C16H37BN2/c1-10-11-12-17(18(13(2)3)14(4)5)19(15(6)7)16(8)9/h13-16H,10-12H2,1-9H3. The van der Waals surface area contributed by atoms with E-state index in [2.05, 4.69) is 71.9 Å². The quantitative estimate of drug-likeness (QED) is 0.567. The topological polar surface area (TPSA) is 6.48 Å². The highest BCUT2D eigenvalue weighted by Crippen LogP contribution is 2.21. The van der Waals surface area contributed by atoms with E-state index in [9.17, 15) is 0 Å². The third-order valence-electron chi connectivity index (χ3n) is 3.89. The zero-order valence-electron chi connectivity index (χ0n) is 14.9. The summed E-state index contributed by atoms with van der Waals surface area (Å²) >= 11 is 0. The van der Waals surface area contributed by atoms with Crippen molar-refractivity contribution < 1.29 is 0 Å². The lowest BCUT2D eigenvalue weighted by Gasteiger charge is -2.45. The molecule has 3 heteroatoms. The van der Waals surface area contributed by atoms with E-state index >= 15 is 0 Å². The fraction of sp³-hybridized carbons (Fsp3) is 1.00. The lowest BCUT2D eigenvalue weighted by molar-refractivity contribution is 0.220. The molecule has 0 rings (SSSR count). The van der Waals surface area contributed by atoms with Gasteiger partial charge in [-0.1, -0.05) is 75.2 Å². The molecule has 2 nitrogen and oxygen atoms in total. The van der Waals surface area contributed by atoms with Crippen LogP contribution in [0.5, 0.6) is 0 Å². The maximum Gasteiger partial charge on any atom is 0.311 e. The van der Waals surface area contributed by atoms with Gasteiger partial charge in [-0.25, -0.2) is 0 Å². The number of hydrogen-bond acceptors (Lipinski definition) is 2. The van der Waals surface area contributed by atoms with Crippen LogP contribution >= 0.6 is 0 Å². The zero-order valence-corrected chi connectivity index (χ0v) is 14.9. The van der Waals surface area contributed by atoms with Crippen LogP contribution in [0.3, 0.4) is 0 Å². The van der Waals surface area contributed by atoms with Gasteiger partial charge in [-0.05, 0) is 30.5 Å². The van der Waals surface area contributed by atoms with Crippen LogP contribution in [0, 0.1) is 0 Å². The van der Waals surface area contributed by atoms with Gasteiger partial charge < -0.3 is 9.62 Å². The Morgan fingerprint density at radius 1 is 0.684 bits per heavy atom. The summed E-state index contributed by atoms with van der Waals surface area (Å²) in [6.07, 6.45) is 3.88. The minimum absolute atomic E-state index is 0.569. The number of unbranched alkanes of at least 4 members (excludes halogenated alkanes) is 1. The van der Waals surface area contributed by atoms with Crippen molar-refractivity contribution in [2.45, 2.75) is 106 Å². The Morgan fingerprint density at radius 2 is 1.00 bits per heavy atom. The number of nitrogens with zero attached hydrogens (tertiary/aromatic N) is 2. The molecule has 0 spiro atoms. The van der Waals surface area contributed by atoms with Crippen LogP contribution in [0.15, 0.2) is 0 Å². The van der Waals surface area contributed by atoms with E-state index in [1.807, 2.05) is 0 Å². The van der Waals surface area contributed by atoms with Crippen molar-refractivity contribution in [2.75, 3.05) is 0 Å². The Labute approximate surface area is 123 Å². The Morgan fingerprint density at radius 3 is 1.21 bits per heavy atom. The predicted octanol–water partition coefficient (Wildman–Crippen LogP) is 4.51. The molecule has 0 unspecified atom stereocenters. The maximum absolute atomic E-state index is 2.69. The molecule has 0 aromatic carbocycles. The summed E-state index contributed by atoms with van der Waals surface area (Å²) in [4.78, 5) is 5.38. The molecule has 0 amide bonds. The largest absolute Gasteiger partial charge is 0.324 e. The normalized spacial score (nSPS) is 12.8. The van der Waals surface area contributed by atoms with Crippen LogP contribution in [-0.4, -0.2) is 40.8 Å². The van der Waals surface area contributed by atoms with Crippen LogP contribution < -0.4 is 0 Å². The van der Waals surface area contributed by atoms with Gasteiger partial charge in [-0.3, -0.25) is 0 Å². The minimum Gasteiger partial charge on any atom is -0.324 e. The van der Waals surface area contributed by atoms with Gasteiger partial charge in [-0.15, -0.1) is 0 Å². The molecule has 0 aliphatic rings. The molecule has 19 heavy (non-hydrogen) atoms. The molecule has 0 saturated carbocycles. The lowest BCUT2D eigenvalue weighted by atomic mass is 9.63. The van der Waals surface area contributed by atoms with Crippen molar-refractivity contribution in [3.8, 4) is 0 Å². The first-order valence-electron chi connectivity index (χ1n) is 8.28. The summed E-state index contributed by atoms with van der Waals surface area (Å²) in [5.74, 6) is 0. The smallest absolute Gasteiger partial charge is 0.311 e. The number of rotatable bonds is 9. The van der Waals surface area contributed by atoms with Gasteiger partial charge in [0, 0.05) is 0 Å². The highest BCUT2D eigenvalue weighted by Gasteiger charge is 2.35. The first kappa shape index (κ1) is 19.0. The molecule has 0 radical (unpaired) electrons. The van der Waals surface area contributed by atoms with E-state index in [4.69, 9.17) is 0 Å². The van der Waals surface area contributed by atoms with Gasteiger partial charge in [0.15, 0.2) is 0 Å². The van der Waals surface area contributed by atoms with Gasteiger partial charge >= 0.3 is 6.98 Å². The Hall–Kier alpha value is -0.0151. The third kappa shape index (κ3) is 5.87. The summed E-state index contributed by atoms with van der Waals surface area (Å²) in [6, 6.07) is 2.40. The van der Waals surface area contributed by atoms with Gasteiger partial charge in [0.05, 0.1) is 0 Å². The van der Waals surface area contributed by atoms with Crippen LogP contribution in [0.4, 0.5) is 0 Å². The van der Waals surface area contributed by atoms with Crippen molar-refractivity contribution in [1.29, 1.82) is 0 Å². The lowest BCUT2D eigenvalue weighted by Crippen LogP contribution is -2.61. The predicted molar refractivity (Wildman–Crippen MR) is 89.7 cm³/mol. The molecule has 0 aliphatic carbocycles. The Bertz CT molecular complexity index is 191. The molecular formula is C16H37BN2. The second kappa shape index (κ2) is 9.02. The highest BCUT2D eigenvalue weighted by molar-refractivity contribution is 6.53. The van der Waals surface area contributed by atoms with Gasteiger partial charge in [0.1, 0.15) is 0 Å². The van der Waals surface area contributed by atoms with Gasteiger partial charge in [0.2, 0.25) is 0 Å². The van der Waals surface area contributed by atoms with Crippen LogP contribution in [0.25, 0.3) is 0 Å². The summed E-state index contributed by atoms with van der Waals surface area (Å²) in [5, 5.41) is 0. The first-order valence-corrected chi connectivity index (χ1v) is 8.28. The molecule has 0 N–H and O–H groups in total. The molecule has 0 atom stereocenters. The van der Waals surface area contributed by atoms with E-state index < -0.39 is 0 Å². The summed E-state index contributed by atoms with van der Waals surface area (Å²) < 4.78 is 0. The van der Waals surface area contributed by atoms with Crippen molar-refractivity contribution in [2.24, 2.45) is 0 Å². The first-order chi connectivity index (χ1) is 8.73. The molecule has 0 aliphatic heterocycles. The van der Waals surface area contributed by atoms with Gasteiger partial charge in [-0.2, -0.15) is 0 Å². The minimum atomic E-state index is 0.569. The van der Waals surface area contributed by atoms with Crippen molar-refractivity contribution in [3.63, 3.8) is 0 Å². The van der Waals surface area contributed by atoms with Crippen LogP contribution in [-0.2, 0) is 0 Å². The maximum atomic E-state index is 2.69. The molecule has 114 valence electrons. The Balaban J connectivity index is 5.24. The zero-order chi connectivity index (χ0) is 15.2. The van der Waals surface area contributed by atoms with Crippen molar-refractivity contribution >= 4 is 6.98 Å². The fourth-order valence-corrected chi connectivity index (χ4v) is 3.41. The summed E-state index contributed by atoms with van der Waals surface area (Å²) in [6.45, 7) is 21.5. The Kier molecular flexibility index (Phi) is 9.01. The summed E-state index contributed by atoms with van der Waals surface area (Å²) in [5.41, 5.74) is 0. The molecule has 0 fully saturated rings. The van der Waals surface area contributed by atoms with E-state index in [0.717, 1.165) is 0 Å². The fourth-order valence-electron chi connectivity index (χ4n) is 3.41. The molecular weight excluding hydrogens is 231 g/mol. The second-order valence-corrected chi connectivity index (χ2v) is 6.89. The third-order valence-corrected chi connectivity index (χ3v) is 3.89. The molecule has 0 heterocycles. The van der Waals surface area contributed by atoms with E-state index in [1.165, 1.54) is 19.2 Å². The van der Waals surface area contributed by atoms with Crippen LogP contribution in [0.2, 0.25) is 6.32 Å². The van der Waals surface area contributed by atoms with E-state index in [1.54, 1.807) is 0 Å². The van der Waals surface area contributed by atoms with Crippen LogP contribution in [0.1, 0.15) is 75.2 Å². The second-order valence-electron chi connectivity index (χ2n) is 6.89. The van der Waals surface area contributed by atoms with E-state index in [-0.39, 0.29) is 0 Å². The average molecular weight is 268 g/mol. The number of hydrogen-bond donors (Lipinski definition) is 0. The van der Waals surface area contributed by atoms with Gasteiger partial charge in [0.25, 0.3) is 0 Å². The molecule has 0 aromatic rings. The highest BCUT2D eigenvalue weighted by atomic mass is 15.3. The van der Waals surface area contributed by atoms with Crippen molar-refractivity contribution in [1.82, 2.24) is 9.62 Å². The van der Waals surface area contributed by atoms with E-state index in [0.29, 0.717) is 31.1 Å². The van der Waals surface area contributed by atoms with Crippen molar-refractivity contribution in [3.05, 3.63) is 0 Å². The molecule has 0 aromatic heterocycles.